The van der Waals surface area contributed by atoms with Gasteiger partial charge in [0.25, 0.3) is 5.91 Å². The largest absolute Gasteiger partial charge is 0.461 e. The molecule has 4 aromatic heterocycles. The Morgan fingerprint density at radius 1 is 0.788 bits per heavy atom. The van der Waals surface area contributed by atoms with Crippen LogP contribution in [-0.2, 0) is 9.47 Å². The summed E-state index contributed by atoms with van der Waals surface area (Å²) in [5.41, 5.74) is 4.60. The highest BCUT2D eigenvalue weighted by Gasteiger charge is 2.23. The van der Waals surface area contributed by atoms with E-state index in [-0.39, 0.29) is 29.3 Å². The van der Waals surface area contributed by atoms with Crippen LogP contribution in [0.5, 0.6) is 0 Å². The van der Waals surface area contributed by atoms with Crippen molar-refractivity contribution in [2.75, 3.05) is 19.8 Å². The molecular weight excluding hydrogens is 713 g/mol. The molecule has 1 aliphatic heterocycles. The van der Waals surface area contributed by atoms with Crippen molar-refractivity contribution in [2.24, 2.45) is 0 Å². The van der Waals surface area contributed by atoms with Crippen LogP contribution < -0.4 is 5.32 Å². The molecule has 5 heterocycles. The number of thiazole rings is 2. The summed E-state index contributed by atoms with van der Waals surface area (Å²) in [6.45, 7) is 11.4. The second-order valence-corrected chi connectivity index (χ2v) is 13.4. The number of hydrogen-bond acceptors (Lipinski definition) is 12. The number of esters is 1. The molecule has 0 saturated carbocycles. The molecule has 11 nitrogen and oxygen atoms in total. The fourth-order valence-corrected chi connectivity index (χ4v) is 6.66. The molecule has 0 atom stereocenters. The molecule has 272 valence electrons. The summed E-state index contributed by atoms with van der Waals surface area (Å²) in [5.74, 6) is -0.150. The normalized spacial score (nSPS) is 12.2. The molecule has 6 aromatic rings. The molecule has 1 aliphatic rings. The molecule has 0 unspecified atom stereocenters. The number of halogens is 2. The van der Waals surface area contributed by atoms with E-state index >= 15 is 0 Å². The summed E-state index contributed by atoms with van der Waals surface area (Å²) < 4.78 is 46.7. The van der Waals surface area contributed by atoms with Gasteiger partial charge in [-0.25, -0.2) is 23.5 Å². The van der Waals surface area contributed by atoms with Crippen molar-refractivity contribution in [1.82, 2.24) is 25.6 Å². The first-order valence-electron chi connectivity index (χ1n) is 16.5. The molecule has 1 saturated heterocycles. The van der Waals surface area contributed by atoms with Gasteiger partial charge in [0.05, 0.1) is 17.7 Å². The van der Waals surface area contributed by atoms with Crippen molar-refractivity contribution in [3.63, 3.8) is 0 Å². The number of amides is 1. The molecular formula is C37H37F2N5O6S2. The third-order valence-corrected chi connectivity index (χ3v) is 9.08. The van der Waals surface area contributed by atoms with Crippen LogP contribution in [0.4, 0.5) is 8.78 Å². The lowest BCUT2D eigenvalue weighted by atomic mass is 10.1. The number of carbonyl (C=O) groups is 2. The predicted octanol–water partition coefficient (Wildman–Crippen LogP) is 8.94. The fraction of sp³-hybridized carbons (Fsp3) is 0.297. The molecule has 1 fully saturated rings. The average molecular weight is 750 g/mol. The highest BCUT2D eigenvalue weighted by molar-refractivity contribution is 7.13. The molecule has 15 heteroatoms. The van der Waals surface area contributed by atoms with Crippen molar-refractivity contribution in [3.8, 4) is 43.7 Å². The Hall–Kier alpha value is -5.12. The quantitative estimate of drug-likeness (QED) is 0.150. The van der Waals surface area contributed by atoms with E-state index < -0.39 is 5.97 Å². The van der Waals surface area contributed by atoms with Crippen LogP contribution in [0.1, 0.15) is 66.1 Å². The van der Waals surface area contributed by atoms with Crippen LogP contribution in [0.15, 0.2) is 68.3 Å². The Morgan fingerprint density at radius 2 is 1.25 bits per heavy atom. The van der Waals surface area contributed by atoms with E-state index in [1.54, 1.807) is 55.8 Å². The minimum Gasteiger partial charge on any atom is -0.461 e. The third kappa shape index (κ3) is 9.60. The van der Waals surface area contributed by atoms with Gasteiger partial charge in [0.15, 0.2) is 5.69 Å². The summed E-state index contributed by atoms with van der Waals surface area (Å²) in [6, 6.07) is 12.0. The lowest BCUT2D eigenvalue weighted by Gasteiger charge is -2.05. The standard InChI is InChI=1S/C17H16FN3O2S.C16H13FN2O3S.C4H8O/c1-9(2)19-16(22)13-8-24-17(20-13)14-10(3)23-21-15(14)11-4-6-12(18)7-5-11;1-3-21-16(20)12-8-23-15(18-12)13-9(2)22-19-14(13)10-4-6-11(17)7-5-10;1-2-4-5-3-1/h4-9H,1-3H3,(H,19,22);4-8H,3H2,1-2H3;1-4H2. The number of rotatable bonds is 8. The van der Waals surface area contributed by atoms with Crippen molar-refractivity contribution < 1.29 is 36.9 Å². The number of hydrogen-bond donors (Lipinski definition) is 1. The molecule has 0 aliphatic carbocycles. The van der Waals surface area contributed by atoms with Crippen LogP contribution in [0.25, 0.3) is 43.7 Å². The molecule has 0 radical (unpaired) electrons. The average Bonchev–Trinajstić information content (AvgIpc) is 3.97. The smallest absolute Gasteiger partial charge is 0.357 e. The molecule has 52 heavy (non-hydrogen) atoms. The molecule has 1 N–H and O–H groups in total. The maximum atomic E-state index is 13.1. The predicted molar refractivity (Wildman–Crippen MR) is 194 cm³/mol. The van der Waals surface area contributed by atoms with Gasteiger partial charge in [-0.15, -0.1) is 22.7 Å². The third-order valence-electron chi connectivity index (χ3n) is 7.36. The molecule has 7 rings (SSSR count). The highest BCUT2D eigenvalue weighted by Crippen LogP contribution is 2.37. The van der Waals surface area contributed by atoms with Gasteiger partial charge in [-0.2, -0.15) is 0 Å². The van der Waals surface area contributed by atoms with Gasteiger partial charge in [-0.1, -0.05) is 10.3 Å². The Kier molecular flexibility index (Phi) is 13.1. The summed E-state index contributed by atoms with van der Waals surface area (Å²) in [4.78, 5) is 32.5. The van der Waals surface area contributed by atoms with Crippen molar-refractivity contribution in [3.05, 3.63) is 93.8 Å². The SMILES string of the molecule is C1CCOC1.CCOC(=O)c1csc(-c2c(-c3ccc(F)cc3)noc2C)n1.Cc1onc(-c2ccc(F)cc2)c1-c1nc(C(=O)NC(C)C)cs1. The highest BCUT2D eigenvalue weighted by atomic mass is 32.1. The number of carbonyl (C=O) groups excluding carboxylic acids is 2. The van der Waals surface area contributed by atoms with E-state index in [1.165, 1.54) is 59.8 Å². The van der Waals surface area contributed by atoms with Gasteiger partial charge in [0.1, 0.15) is 50.3 Å². The van der Waals surface area contributed by atoms with E-state index in [9.17, 15) is 18.4 Å². The first-order valence-corrected chi connectivity index (χ1v) is 18.2. The number of ether oxygens (including phenoxy) is 2. The number of aryl methyl sites for hydroxylation is 2. The van der Waals surface area contributed by atoms with Crippen LogP contribution in [0, 0.1) is 25.5 Å². The zero-order valence-corrected chi connectivity index (χ0v) is 30.8. The van der Waals surface area contributed by atoms with Crippen molar-refractivity contribution in [1.29, 1.82) is 0 Å². The fourth-order valence-electron chi connectivity index (χ4n) is 4.88. The van der Waals surface area contributed by atoms with E-state index in [4.69, 9.17) is 18.5 Å². The van der Waals surface area contributed by atoms with Gasteiger partial charge in [-0.05, 0) is 96.0 Å². The second kappa shape index (κ2) is 17.9. The Morgan fingerprint density at radius 3 is 1.67 bits per heavy atom. The number of nitrogens with zero attached hydrogens (tertiary/aromatic N) is 4. The number of nitrogens with one attached hydrogen (secondary N) is 1. The topological polar surface area (TPSA) is 142 Å². The van der Waals surface area contributed by atoms with Gasteiger partial charge < -0.3 is 23.8 Å². The van der Waals surface area contributed by atoms with E-state index in [0.29, 0.717) is 56.4 Å². The molecule has 0 spiro atoms. The summed E-state index contributed by atoms with van der Waals surface area (Å²) in [5, 5.41) is 15.5. The summed E-state index contributed by atoms with van der Waals surface area (Å²) >= 11 is 2.64. The zero-order valence-electron chi connectivity index (χ0n) is 29.2. The minimum absolute atomic E-state index is 0.0368. The summed E-state index contributed by atoms with van der Waals surface area (Å²) in [7, 11) is 0. The molecule has 1 amide bonds. The van der Waals surface area contributed by atoms with Crippen LogP contribution in [0.2, 0.25) is 0 Å². The van der Waals surface area contributed by atoms with Crippen molar-refractivity contribution in [2.45, 2.75) is 53.5 Å². The minimum atomic E-state index is -0.465. The maximum Gasteiger partial charge on any atom is 0.357 e. The lowest BCUT2D eigenvalue weighted by molar-refractivity contribution is 0.0520. The second-order valence-electron chi connectivity index (χ2n) is 11.7. The monoisotopic (exact) mass is 749 g/mol. The number of aromatic nitrogens is 4. The first kappa shape index (κ1) is 38.1. The maximum absolute atomic E-state index is 13.1. The Bertz CT molecular complexity index is 2080. The lowest BCUT2D eigenvalue weighted by Crippen LogP contribution is -2.30. The number of benzene rings is 2. The molecule has 0 bridgehead atoms. The Balaban J connectivity index is 0.000000177. The first-order chi connectivity index (χ1) is 25.0. The summed E-state index contributed by atoms with van der Waals surface area (Å²) in [6.07, 6.45) is 2.56. The molecule has 2 aromatic carbocycles. The van der Waals surface area contributed by atoms with Crippen LogP contribution in [0.3, 0.4) is 0 Å². The van der Waals surface area contributed by atoms with Gasteiger partial charge in [0.2, 0.25) is 0 Å². The van der Waals surface area contributed by atoms with E-state index in [0.717, 1.165) is 24.3 Å². The Labute approximate surface area is 307 Å². The van der Waals surface area contributed by atoms with Crippen LogP contribution in [-0.4, -0.2) is 58.0 Å². The van der Waals surface area contributed by atoms with Gasteiger partial charge >= 0.3 is 5.97 Å². The zero-order chi connectivity index (χ0) is 37.2. The van der Waals surface area contributed by atoms with Gasteiger partial charge in [-0.3, -0.25) is 4.79 Å². The van der Waals surface area contributed by atoms with Crippen molar-refractivity contribution >= 4 is 34.6 Å². The van der Waals surface area contributed by atoms with Crippen LogP contribution >= 0.6 is 22.7 Å². The van der Waals surface area contributed by atoms with E-state index in [1.807, 2.05) is 13.8 Å². The van der Waals surface area contributed by atoms with Gasteiger partial charge in [0, 0.05) is 41.1 Å². The van der Waals surface area contributed by atoms with E-state index in [2.05, 4.69) is 25.6 Å².